The quantitative estimate of drug-likeness (QED) is 0.763. The lowest BCUT2D eigenvalue weighted by atomic mass is 9.99. The fourth-order valence-corrected chi connectivity index (χ4v) is 3.88. The standard InChI is InChI=1S/C21H33N5O2/c1-6-14(7-2)17-13-19(26-18(25-17)10-11-22-26)23-15-8-9-16(12-15)24-20(27)28-21(3,4)5/h10-11,13-16,23H,6-9,12H2,1-5H3,(H,24,27)/t15-,16-/m0/s1. The lowest BCUT2D eigenvalue weighted by Crippen LogP contribution is -2.38. The van der Waals surface area contributed by atoms with Crippen molar-refractivity contribution in [2.45, 2.75) is 90.3 Å². The van der Waals surface area contributed by atoms with E-state index in [-0.39, 0.29) is 18.2 Å². The average Bonchev–Trinajstić information content (AvgIpc) is 3.23. The van der Waals surface area contributed by atoms with Gasteiger partial charge in [-0.2, -0.15) is 9.61 Å². The third kappa shape index (κ3) is 4.94. The molecule has 7 heteroatoms. The number of amides is 1. The molecule has 0 spiro atoms. The molecule has 3 rings (SSSR count). The number of nitrogens with one attached hydrogen (secondary N) is 2. The maximum Gasteiger partial charge on any atom is 0.407 e. The molecule has 0 unspecified atom stereocenters. The maximum absolute atomic E-state index is 12.0. The van der Waals surface area contributed by atoms with E-state index in [1.54, 1.807) is 6.20 Å². The van der Waals surface area contributed by atoms with Gasteiger partial charge in [-0.25, -0.2) is 9.78 Å². The molecular weight excluding hydrogens is 354 g/mol. The van der Waals surface area contributed by atoms with Crippen LogP contribution in [0, 0.1) is 0 Å². The molecule has 0 bridgehead atoms. The molecule has 0 aromatic carbocycles. The molecule has 0 radical (unpaired) electrons. The number of rotatable bonds is 6. The van der Waals surface area contributed by atoms with Gasteiger partial charge in [-0.15, -0.1) is 0 Å². The Kier molecular flexibility index (Phi) is 6.10. The minimum Gasteiger partial charge on any atom is -0.444 e. The van der Waals surface area contributed by atoms with Gasteiger partial charge in [-0.3, -0.25) is 0 Å². The van der Waals surface area contributed by atoms with Gasteiger partial charge in [0.15, 0.2) is 5.65 Å². The smallest absolute Gasteiger partial charge is 0.407 e. The monoisotopic (exact) mass is 387 g/mol. The van der Waals surface area contributed by atoms with E-state index in [4.69, 9.17) is 9.72 Å². The van der Waals surface area contributed by atoms with E-state index in [1.807, 2.05) is 31.4 Å². The molecule has 2 aromatic heterocycles. The van der Waals surface area contributed by atoms with E-state index in [9.17, 15) is 4.79 Å². The Balaban J connectivity index is 1.68. The van der Waals surface area contributed by atoms with Crippen molar-refractivity contribution in [3.05, 3.63) is 24.0 Å². The molecule has 1 saturated carbocycles. The van der Waals surface area contributed by atoms with Crippen LogP contribution in [-0.2, 0) is 4.74 Å². The van der Waals surface area contributed by atoms with E-state index in [1.165, 1.54) is 0 Å². The van der Waals surface area contributed by atoms with Crippen LogP contribution in [0.4, 0.5) is 10.6 Å². The van der Waals surface area contributed by atoms with Crippen LogP contribution in [0.2, 0.25) is 0 Å². The zero-order valence-corrected chi connectivity index (χ0v) is 17.7. The SMILES string of the molecule is CCC(CC)c1cc(N[C@H]2CC[C@H](NC(=O)OC(C)(C)C)C2)n2nccc2n1. The number of carbonyl (C=O) groups excluding carboxylic acids is 1. The largest absolute Gasteiger partial charge is 0.444 e. The van der Waals surface area contributed by atoms with Gasteiger partial charge < -0.3 is 15.4 Å². The van der Waals surface area contributed by atoms with E-state index < -0.39 is 5.60 Å². The molecule has 1 fully saturated rings. The van der Waals surface area contributed by atoms with Gasteiger partial charge in [0.1, 0.15) is 11.4 Å². The van der Waals surface area contributed by atoms with Crippen LogP contribution >= 0.6 is 0 Å². The van der Waals surface area contributed by atoms with Crippen LogP contribution in [-0.4, -0.2) is 38.4 Å². The number of ether oxygens (including phenoxy) is 1. The Morgan fingerprint density at radius 1 is 1.29 bits per heavy atom. The lowest BCUT2D eigenvalue weighted by molar-refractivity contribution is 0.0505. The first-order valence-corrected chi connectivity index (χ1v) is 10.4. The van der Waals surface area contributed by atoms with Crippen LogP contribution in [0.15, 0.2) is 18.3 Å². The van der Waals surface area contributed by atoms with Crippen LogP contribution in [0.25, 0.3) is 5.65 Å². The number of nitrogens with zero attached hydrogens (tertiary/aromatic N) is 3. The second-order valence-corrected chi connectivity index (χ2v) is 8.68. The summed E-state index contributed by atoms with van der Waals surface area (Å²) in [7, 11) is 0. The number of anilines is 1. The molecule has 0 saturated heterocycles. The molecule has 1 aliphatic rings. The third-order valence-electron chi connectivity index (χ3n) is 5.29. The zero-order chi connectivity index (χ0) is 20.3. The second kappa shape index (κ2) is 8.37. The Morgan fingerprint density at radius 3 is 2.68 bits per heavy atom. The molecule has 2 aromatic rings. The highest BCUT2D eigenvalue weighted by molar-refractivity contribution is 5.68. The molecule has 154 valence electrons. The number of aromatic nitrogens is 3. The fourth-order valence-electron chi connectivity index (χ4n) is 3.88. The van der Waals surface area contributed by atoms with Crippen molar-refractivity contribution in [2.75, 3.05) is 5.32 Å². The summed E-state index contributed by atoms with van der Waals surface area (Å²) in [5.41, 5.74) is 1.50. The normalized spacial score (nSPS) is 19.9. The fraction of sp³-hybridized carbons (Fsp3) is 0.667. The van der Waals surface area contributed by atoms with Gasteiger partial charge in [0, 0.05) is 35.8 Å². The van der Waals surface area contributed by atoms with Crippen LogP contribution in [0.5, 0.6) is 0 Å². The molecule has 1 amide bonds. The van der Waals surface area contributed by atoms with Gasteiger partial charge in [0.05, 0.1) is 6.20 Å². The Hall–Kier alpha value is -2.31. The van der Waals surface area contributed by atoms with Gasteiger partial charge in [0.25, 0.3) is 0 Å². The lowest BCUT2D eigenvalue weighted by Gasteiger charge is -2.22. The molecule has 2 heterocycles. The van der Waals surface area contributed by atoms with E-state index >= 15 is 0 Å². The first kappa shape index (κ1) is 20.4. The minimum absolute atomic E-state index is 0.126. The van der Waals surface area contributed by atoms with Crippen molar-refractivity contribution >= 4 is 17.6 Å². The summed E-state index contributed by atoms with van der Waals surface area (Å²) in [5.74, 6) is 1.42. The van der Waals surface area contributed by atoms with Crippen LogP contribution in [0.3, 0.4) is 0 Å². The van der Waals surface area contributed by atoms with Crippen molar-refractivity contribution in [3.8, 4) is 0 Å². The van der Waals surface area contributed by atoms with Crippen LogP contribution in [0.1, 0.15) is 78.3 Å². The summed E-state index contributed by atoms with van der Waals surface area (Å²) in [6, 6.07) is 4.48. The Labute approximate surface area is 167 Å². The summed E-state index contributed by atoms with van der Waals surface area (Å²) in [6.07, 6.45) is 6.37. The average molecular weight is 388 g/mol. The summed E-state index contributed by atoms with van der Waals surface area (Å²) in [6.45, 7) is 10.0. The topological polar surface area (TPSA) is 80.5 Å². The molecule has 2 N–H and O–H groups in total. The Bertz CT molecular complexity index is 807. The molecular formula is C21H33N5O2. The van der Waals surface area contributed by atoms with Gasteiger partial charge in [-0.05, 0) is 52.9 Å². The predicted octanol–water partition coefficient (Wildman–Crippen LogP) is 4.49. The van der Waals surface area contributed by atoms with E-state index in [0.29, 0.717) is 5.92 Å². The van der Waals surface area contributed by atoms with Crippen molar-refractivity contribution in [2.24, 2.45) is 0 Å². The molecule has 28 heavy (non-hydrogen) atoms. The third-order valence-corrected chi connectivity index (χ3v) is 5.29. The van der Waals surface area contributed by atoms with Gasteiger partial charge in [0.2, 0.25) is 0 Å². The zero-order valence-electron chi connectivity index (χ0n) is 17.7. The first-order chi connectivity index (χ1) is 13.3. The highest BCUT2D eigenvalue weighted by atomic mass is 16.6. The summed E-state index contributed by atoms with van der Waals surface area (Å²) < 4.78 is 7.24. The first-order valence-electron chi connectivity index (χ1n) is 10.4. The molecule has 7 nitrogen and oxygen atoms in total. The summed E-state index contributed by atoms with van der Waals surface area (Å²) in [5, 5.41) is 11.1. The van der Waals surface area contributed by atoms with Crippen molar-refractivity contribution in [1.82, 2.24) is 19.9 Å². The van der Waals surface area contributed by atoms with E-state index in [0.717, 1.165) is 49.3 Å². The maximum atomic E-state index is 12.0. The van der Waals surface area contributed by atoms with Gasteiger partial charge in [-0.1, -0.05) is 13.8 Å². The predicted molar refractivity (Wildman–Crippen MR) is 111 cm³/mol. The number of hydrogen-bond donors (Lipinski definition) is 2. The second-order valence-electron chi connectivity index (χ2n) is 8.68. The number of fused-ring (bicyclic) bond motifs is 1. The summed E-state index contributed by atoms with van der Waals surface area (Å²) >= 11 is 0. The summed E-state index contributed by atoms with van der Waals surface area (Å²) in [4.78, 5) is 16.8. The van der Waals surface area contributed by atoms with Crippen molar-refractivity contribution in [3.63, 3.8) is 0 Å². The number of carbonyl (C=O) groups is 1. The van der Waals surface area contributed by atoms with Gasteiger partial charge >= 0.3 is 6.09 Å². The Morgan fingerprint density at radius 2 is 2.00 bits per heavy atom. The number of hydrogen-bond acceptors (Lipinski definition) is 5. The van der Waals surface area contributed by atoms with Crippen LogP contribution < -0.4 is 10.6 Å². The minimum atomic E-state index is -0.478. The highest BCUT2D eigenvalue weighted by Crippen LogP contribution is 2.27. The highest BCUT2D eigenvalue weighted by Gasteiger charge is 2.28. The molecule has 2 atom stereocenters. The number of alkyl carbamates (subject to hydrolysis) is 1. The molecule has 1 aliphatic carbocycles. The van der Waals surface area contributed by atoms with E-state index in [2.05, 4.69) is 35.6 Å². The van der Waals surface area contributed by atoms with Crippen molar-refractivity contribution in [1.29, 1.82) is 0 Å². The molecule has 0 aliphatic heterocycles. The van der Waals surface area contributed by atoms with Crippen molar-refractivity contribution < 1.29 is 9.53 Å².